The molecule has 2 aromatic rings. The number of ether oxygens (including phenoxy) is 3. The fourth-order valence-corrected chi connectivity index (χ4v) is 3.27. The Labute approximate surface area is 160 Å². The second-order valence-corrected chi connectivity index (χ2v) is 6.46. The summed E-state index contributed by atoms with van der Waals surface area (Å²) in [4.78, 5) is 31.3. The molecule has 1 fully saturated rings. The van der Waals surface area contributed by atoms with E-state index in [0.29, 0.717) is 59.9 Å². The van der Waals surface area contributed by atoms with E-state index >= 15 is 0 Å². The number of nitrogens with zero attached hydrogens (tertiary/aromatic N) is 5. The molecule has 0 bridgehead atoms. The maximum absolute atomic E-state index is 11.2. The lowest BCUT2D eigenvalue weighted by Gasteiger charge is -2.27. The van der Waals surface area contributed by atoms with E-state index in [0.717, 1.165) is 0 Å². The third-order valence-corrected chi connectivity index (χ3v) is 4.54. The minimum atomic E-state index is -0.210. The summed E-state index contributed by atoms with van der Waals surface area (Å²) in [5.41, 5.74) is 0. The first-order chi connectivity index (χ1) is 13.1. The summed E-state index contributed by atoms with van der Waals surface area (Å²) in [6.07, 6.45) is 1.56. The monoisotopic (exact) mass is 392 g/mol. The summed E-state index contributed by atoms with van der Waals surface area (Å²) >= 11 is 1.19. The number of nitrogens with one attached hydrogen (secondary N) is 1. The van der Waals surface area contributed by atoms with Gasteiger partial charge in [0.05, 0.1) is 27.4 Å². The molecule has 11 heteroatoms. The van der Waals surface area contributed by atoms with E-state index in [4.69, 9.17) is 14.2 Å². The van der Waals surface area contributed by atoms with Crippen LogP contribution in [0.15, 0.2) is 22.3 Å². The van der Waals surface area contributed by atoms with Gasteiger partial charge < -0.3 is 24.4 Å². The van der Waals surface area contributed by atoms with Gasteiger partial charge in [0.25, 0.3) is 0 Å². The van der Waals surface area contributed by atoms with E-state index in [9.17, 15) is 4.79 Å². The van der Waals surface area contributed by atoms with Gasteiger partial charge in [0.15, 0.2) is 5.16 Å². The molecular weight excluding hydrogens is 372 g/mol. The van der Waals surface area contributed by atoms with Gasteiger partial charge in [0, 0.05) is 26.2 Å². The zero-order chi connectivity index (χ0) is 19.2. The second kappa shape index (κ2) is 8.82. The van der Waals surface area contributed by atoms with Gasteiger partial charge in [0.1, 0.15) is 10.7 Å². The van der Waals surface area contributed by atoms with E-state index in [2.05, 4.69) is 25.3 Å². The van der Waals surface area contributed by atoms with Crippen molar-refractivity contribution >= 4 is 29.4 Å². The molecular formula is C16H20N6O4S. The van der Waals surface area contributed by atoms with Crippen LogP contribution in [0.5, 0.6) is 11.8 Å². The van der Waals surface area contributed by atoms with Crippen LogP contribution in [0.4, 0.5) is 11.8 Å². The van der Waals surface area contributed by atoms with E-state index < -0.39 is 0 Å². The number of methoxy groups -OCH3 is 2. The molecule has 1 amide bonds. The lowest BCUT2D eigenvalue weighted by Crippen LogP contribution is -2.37. The number of morpholine rings is 1. The van der Waals surface area contributed by atoms with Crippen LogP contribution in [0.3, 0.4) is 0 Å². The summed E-state index contributed by atoms with van der Waals surface area (Å²) in [6.45, 7) is 4.04. The number of carbonyl (C=O) groups excluding carboxylic acids is 1. The fourth-order valence-electron chi connectivity index (χ4n) is 2.40. The van der Waals surface area contributed by atoms with Gasteiger partial charge in [-0.2, -0.15) is 9.97 Å². The zero-order valence-electron chi connectivity index (χ0n) is 15.3. The van der Waals surface area contributed by atoms with Crippen molar-refractivity contribution in [2.75, 3.05) is 50.7 Å². The molecule has 0 atom stereocenters. The maximum atomic E-state index is 11.2. The van der Waals surface area contributed by atoms with Gasteiger partial charge >= 0.3 is 0 Å². The molecule has 2 aromatic heterocycles. The lowest BCUT2D eigenvalue weighted by atomic mass is 10.4. The highest BCUT2D eigenvalue weighted by Crippen LogP contribution is 2.39. The van der Waals surface area contributed by atoms with Crippen molar-refractivity contribution in [1.82, 2.24) is 19.9 Å². The number of rotatable bonds is 6. The van der Waals surface area contributed by atoms with Crippen LogP contribution in [0.2, 0.25) is 0 Å². The van der Waals surface area contributed by atoms with Gasteiger partial charge in [-0.1, -0.05) is 0 Å². The van der Waals surface area contributed by atoms with Gasteiger partial charge in [-0.3, -0.25) is 4.79 Å². The Balaban J connectivity index is 1.91. The van der Waals surface area contributed by atoms with Crippen LogP contribution in [0, 0.1) is 0 Å². The molecule has 3 heterocycles. The highest BCUT2D eigenvalue weighted by Gasteiger charge is 2.22. The van der Waals surface area contributed by atoms with Crippen molar-refractivity contribution < 1.29 is 19.0 Å². The summed E-state index contributed by atoms with van der Waals surface area (Å²) in [6, 6.07) is 1.61. The minimum Gasteiger partial charge on any atom is -0.480 e. The van der Waals surface area contributed by atoms with Gasteiger partial charge in [0.2, 0.25) is 23.6 Å². The molecule has 10 nitrogen and oxygen atoms in total. The molecule has 0 saturated carbocycles. The molecule has 27 heavy (non-hydrogen) atoms. The number of carbonyl (C=O) groups is 1. The van der Waals surface area contributed by atoms with E-state index in [1.54, 1.807) is 12.3 Å². The van der Waals surface area contributed by atoms with E-state index in [1.807, 2.05) is 4.90 Å². The van der Waals surface area contributed by atoms with Gasteiger partial charge in [-0.25, -0.2) is 9.97 Å². The normalized spacial score (nSPS) is 14.0. The average Bonchev–Trinajstić information content (AvgIpc) is 2.68. The summed E-state index contributed by atoms with van der Waals surface area (Å²) in [7, 11) is 3.06. The smallest absolute Gasteiger partial charge is 0.236 e. The minimum absolute atomic E-state index is 0.210. The van der Waals surface area contributed by atoms with Crippen molar-refractivity contribution in [2.24, 2.45) is 0 Å². The number of aromatic nitrogens is 4. The number of anilines is 2. The third-order valence-electron chi connectivity index (χ3n) is 3.60. The summed E-state index contributed by atoms with van der Waals surface area (Å²) in [5, 5.41) is 3.03. The highest BCUT2D eigenvalue weighted by molar-refractivity contribution is 7.99. The van der Waals surface area contributed by atoms with E-state index in [1.165, 1.54) is 32.9 Å². The molecule has 1 aliphatic heterocycles. The zero-order valence-corrected chi connectivity index (χ0v) is 16.1. The van der Waals surface area contributed by atoms with Crippen LogP contribution in [0.1, 0.15) is 6.92 Å². The number of amides is 1. The molecule has 0 aliphatic carbocycles. The summed E-state index contributed by atoms with van der Waals surface area (Å²) in [5.74, 6) is 1.44. The first-order valence-electron chi connectivity index (χ1n) is 8.22. The van der Waals surface area contributed by atoms with Gasteiger partial charge in [-0.05, 0) is 17.8 Å². The first-order valence-corrected chi connectivity index (χ1v) is 9.03. The van der Waals surface area contributed by atoms with Crippen molar-refractivity contribution in [1.29, 1.82) is 0 Å². The standard InChI is InChI=1S/C16H20N6O4S/c1-10(23)18-11-4-5-17-16(19-11)27-12-13(24-2)20-15(21-14(12)25-3)22-6-8-26-9-7-22/h4-5H,6-9H2,1-3H3,(H,17,18,19,23). The molecule has 3 rings (SSSR count). The maximum Gasteiger partial charge on any atom is 0.236 e. The molecule has 0 radical (unpaired) electrons. The number of hydrogen-bond acceptors (Lipinski definition) is 10. The molecule has 0 aromatic carbocycles. The molecule has 1 aliphatic rings. The van der Waals surface area contributed by atoms with Crippen LogP contribution in [-0.2, 0) is 9.53 Å². The van der Waals surface area contributed by atoms with E-state index in [-0.39, 0.29) is 5.91 Å². The van der Waals surface area contributed by atoms with Gasteiger partial charge in [-0.15, -0.1) is 0 Å². The Bertz CT molecular complexity index is 790. The lowest BCUT2D eigenvalue weighted by molar-refractivity contribution is -0.114. The van der Waals surface area contributed by atoms with Crippen LogP contribution >= 0.6 is 11.8 Å². The van der Waals surface area contributed by atoms with Crippen LogP contribution < -0.4 is 19.7 Å². The molecule has 1 N–H and O–H groups in total. The van der Waals surface area contributed by atoms with Crippen molar-refractivity contribution in [3.8, 4) is 11.8 Å². The highest BCUT2D eigenvalue weighted by atomic mass is 32.2. The Morgan fingerprint density at radius 3 is 2.44 bits per heavy atom. The Hall–Kier alpha value is -2.66. The predicted octanol–water partition coefficient (Wildman–Crippen LogP) is 1.23. The third kappa shape index (κ3) is 4.74. The molecule has 0 spiro atoms. The largest absolute Gasteiger partial charge is 0.480 e. The molecule has 0 unspecified atom stereocenters. The van der Waals surface area contributed by atoms with Crippen molar-refractivity contribution in [3.05, 3.63) is 12.3 Å². The Morgan fingerprint density at radius 1 is 1.19 bits per heavy atom. The van der Waals surface area contributed by atoms with Crippen LogP contribution in [0.25, 0.3) is 0 Å². The van der Waals surface area contributed by atoms with Crippen LogP contribution in [-0.4, -0.2) is 66.4 Å². The predicted molar refractivity (Wildman–Crippen MR) is 98.6 cm³/mol. The second-order valence-electron chi connectivity index (χ2n) is 5.48. The fraction of sp³-hybridized carbons (Fsp3) is 0.438. The number of hydrogen-bond donors (Lipinski definition) is 1. The van der Waals surface area contributed by atoms with Crippen molar-refractivity contribution in [2.45, 2.75) is 17.0 Å². The Kier molecular flexibility index (Phi) is 6.24. The molecule has 144 valence electrons. The Morgan fingerprint density at radius 2 is 1.85 bits per heavy atom. The SMILES string of the molecule is COc1nc(N2CCOCC2)nc(OC)c1Sc1nccc(NC(C)=O)n1. The quantitative estimate of drug-likeness (QED) is 0.720. The summed E-state index contributed by atoms with van der Waals surface area (Å²) < 4.78 is 16.3. The average molecular weight is 392 g/mol. The molecule has 1 saturated heterocycles. The first kappa shape index (κ1) is 19.1. The topological polar surface area (TPSA) is 112 Å². The van der Waals surface area contributed by atoms with Crippen molar-refractivity contribution in [3.63, 3.8) is 0 Å².